The first-order valence-electron chi connectivity index (χ1n) is 10.7. The van der Waals surface area contributed by atoms with Crippen LogP contribution in [-0.4, -0.2) is 23.2 Å². The smallest absolute Gasteiger partial charge is 0.258 e. The van der Waals surface area contributed by atoms with Gasteiger partial charge in [0.2, 0.25) is 5.91 Å². The van der Waals surface area contributed by atoms with Crippen LogP contribution in [0.2, 0.25) is 15.1 Å². The van der Waals surface area contributed by atoms with E-state index in [0.29, 0.717) is 48.7 Å². The van der Waals surface area contributed by atoms with Gasteiger partial charge in [0.15, 0.2) is 0 Å². The molecule has 1 aliphatic rings. The summed E-state index contributed by atoms with van der Waals surface area (Å²) in [6.07, 6.45) is 0. The highest BCUT2D eigenvalue weighted by molar-refractivity contribution is 6.53. The van der Waals surface area contributed by atoms with Crippen molar-refractivity contribution in [2.45, 2.75) is 17.2 Å². The van der Waals surface area contributed by atoms with Gasteiger partial charge in [-0.25, -0.2) is 0 Å². The molecule has 3 aromatic rings. The molecule has 2 atom stereocenters. The molecule has 2 amide bonds. The molecule has 36 heavy (non-hydrogen) atoms. The van der Waals surface area contributed by atoms with E-state index in [1.165, 1.54) is 4.90 Å². The van der Waals surface area contributed by atoms with Gasteiger partial charge >= 0.3 is 0 Å². The minimum atomic E-state index is -1.33. The Bertz CT molecular complexity index is 1410. The summed E-state index contributed by atoms with van der Waals surface area (Å²) in [5.74, 6) is -1.95. The topological polar surface area (TPSA) is 73.2 Å². The molecule has 3 aromatic carbocycles. The third kappa shape index (κ3) is 5.16. The highest BCUT2D eigenvalue weighted by Crippen LogP contribution is 2.65. The number of nitrogens with one attached hydrogen (secondary N) is 1. The maximum atomic E-state index is 13.2. The van der Waals surface area contributed by atoms with Crippen LogP contribution in [-0.2, 0) is 4.79 Å². The lowest BCUT2D eigenvalue weighted by Crippen LogP contribution is -2.27. The summed E-state index contributed by atoms with van der Waals surface area (Å²) in [7, 11) is 1.58. The van der Waals surface area contributed by atoms with E-state index < -0.39 is 22.1 Å². The average Bonchev–Trinajstić information content (AvgIpc) is 3.40. The number of hydrogen-bond acceptors (Lipinski definition) is 3. The molecule has 10 heteroatoms. The van der Waals surface area contributed by atoms with Crippen LogP contribution in [0.25, 0.3) is 0 Å². The Labute approximate surface area is 233 Å². The number of hydrogen-bond donors (Lipinski definition) is 1. The van der Waals surface area contributed by atoms with Crippen molar-refractivity contribution < 1.29 is 9.59 Å². The molecule has 1 saturated carbocycles. The zero-order chi connectivity index (χ0) is 26.4. The summed E-state index contributed by atoms with van der Waals surface area (Å²) in [5, 5.41) is 13.0. The number of aryl methyl sites for hydroxylation is 1. The third-order valence-electron chi connectivity index (χ3n) is 6.05. The number of nitriles is 1. The zero-order valence-corrected chi connectivity index (χ0v) is 22.7. The Kier molecular flexibility index (Phi) is 7.48. The molecule has 0 aromatic heterocycles. The number of amides is 2. The predicted octanol–water partition coefficient (Wildman–Crippen LogP) is 7.63. The van der Waals surface area contributed by atoms with Crippen LogP contribution in [0, 0.1) is 24.2 Å². The van der Waals surface area contributed by atoms with Crippen LogP contribution in [0.5, 0.6) is 0 Å². The molecule has 0 bridgehead atoms. The van der Waals surface area contributed by atoms with Crippen LogP contribution >= 0.6 is 58.0 Å². The van der Waals surface area contributed by atoms with Crippen LogP contribution in [0.1, 0.15) is 33.0 Å². The number of alkyl halides is 2. The average molecular weight is 582 g/mol. The summed E-state index contributed by atoms with van der Waals surface area (Å²) in [5.41, 5.74) is 3.01. The summed E-state index contributed by atoms with van der Waals surface area (Å²) in [4.78, 5) is 27.6. The van der Waals surface area contributed by atoms with Gasteiger partial charge in [0, 0.05) is 34.3 Å². The quantitative estimate of drug-likeness (QED) is 0.315. The van der Waals surface area contributed by atoms with E-state index in [4.69, 9.17) is 63.3 Å². The first-order chi connectivity index (χ1) is 16.9. The van der Waals surface area contributed by atoms with Gasteiger partial charge < -0.3 is 10.2 Å². The van der Waals surface area contributed by atoms with E-state index in [1.807, 2.05) is 0 Å². The van der Waals surface area contributed by atoms with E-state index in [1.54, 1.807) is 68.6 Å². The summed E-state index contributed by atoms with van der Waals surface area (Å²) < 4.78 is -1.33. The lowest BCUT2D eigenvalue weighted by Gasteiger charge is -2.21. The molecule has 5 nitrogen and oxygen atoms in total. The van der Waals surface area contributed by atoms with Gasteiger partial charge in [-0.05, 0) is 72.6 Å². The Morgan fingerprint density at radius 3 is 2.28 bits per heavy atom. The Morgan fingerprint density at radius 1 is 1.00 bits per heavy atom. The molecule has 0 radical (unpaired) electrons. The normalized spacial score (nSPS) is 17.7. The van der Waals surface area contributed by atoms with Gasteiger partial charge in [-0.3, -0.25) is 9.59 Å². The highest BCUT2D eigenvalue weighted by atomic mass is 35.5. The number of rotatable bonds is 5. The standard InChI is InChI=1S/C26H18Cl5N3O2/c1-13-7-14(12-32)3-5-19(13)25(36)34(2)21-11-18(4-6-20(21)29)33-24(35)23-22(26(23,30)31)15-8-16(27)10-17(28)9-15/h3-11,22-23H,1-2H3,(H,33,35)/t22-,23+/m0/s1. The minimum Gasteiger partial charge on any atom is -0.326 e. The van der Waals surface area contributed by atoms with Gasteiger partial charge in [0.1, 0.15) is 4.33 Å². The molecular weight excluding hydrogens is 564 g/mol. The second-order valence-electron chi connectivity index (χ2n) is 8.49. The summed E-state index contributed by atoms with van der Waals surface area (Å²) in [6, 6.07) is 16.6. The van der Waals surface area contributed by atoms with Crippen LogP contribution < -0.4 is 10.2 Å². The molecule has 1 fully saturated rings. The number of carbonyl (C=O) groups excluding carboxylic acids is 2. The Morgan fingerprint density at radius 2 is 1.67 bits per heavy atom. The van der Waals surface area contributed by atoms with Crippen molar-refractivity contribution in [2.24, 2.45) is 5.92 Å². The second kappa shape index (κ2) is 10.1. The number of nitrogens with zero attached hydrogens (tertiary/aromatic N) is 2. The van der Waals surface area contributed by atoms with Gasteiger partial charge in [-0.15, -0.1) is 23.2 Å². The van der Waals surface area contributed by atoms with E-state index in [9.17, 15) is 9.59 Å². The van der Waals surface area contributed by atoms with Gasteiger partial charge in [-0.1, -0.05) is 34.8 Å². The number of halogens is 5. The lowest BCUT2D eigenvalue weighted by atomic mass is 10.0. The van der Waals surface area contributed by atoms with Crippen molar-refractivity contribution in [3.63, 3.8) is 0 Å². The molecule has 0 spiro atoms. The number of carbonyl (C=O) groups is 2. The van der Waals surface area contributed by atoms with E-state index >= 15 is 0 Å². The first kappa shape index (κ1) is 26.6. The molecule has 4 rings (SSSR count). The molecule has 1 aliphatic carbocycles. The van der Waals surface area contributed by atoms with Crippen LogP contribution in [0.4, 0.5) is 11.4 Å². The summed E-state index contributed by atoms with van der Waals surface area (Å²) >= 11 is 31.5. The van der Waals surface area contributed by atoms with Crippen molar-refractivity contribution in [1.29, 1.82) is 5.26 Å². The molecule has 0 heterocycles. The highest BCUT2D eigenvalue weighted by Gasteiger charge is 2.67. The van der Waals surface area contributed by atoms with Gasteiger partial charge in [-0.2, -0.15) is 5.26 Å². The maximum Gasteiger partial charge on any atom is 0.258 e. The molecule has 0 unspecified atom stereocenters. The Hall–Kier alpha value is -2.46. The predicted molar refractivity (Wildman–Crippen MR) is 146 cm³/mol. The maximum absolute atomic E-state index is 13.2. The zero-order valence-electron chi connectivity index (χ0n) is 19.0. The molecule has 1 N–H and O–H groups in total. The van der Waals surface area contributed by atoms with Crippen molar-refractivity contribution in [3.8, 4) is 6.07 Å². The fraction of sp³-hybridized carbons (Fsp3) is 0.192. The minimum absolute atomic E-state index is 0.317. The molecule has 0 aliphatic heterocycles. The van der Waals surface area contributed by atoms with Gasteiger partial charge in [0.25, 0.3) is 5.91 Å². The molecule has 184 valence electrons. The second-order valence-corrected chi connectivity index (χ2v) is 11.2. The van der Waals surface area contributed by atoms with Crippen LogP contribution in [0.3, 0.4) is 0 Å². The Balaban J connectivity index is 1.55. The van der Waals surface area contributed by atoms with Crippen molar-refractivity contribution >= 4 is 81.2 Å². The lowest BCUT2D eigenvalue weighted by molar-refractivity contribution is -0.117. The van der Waals surface area contributed by atoms with Gasteiger partial charge in [0.05, 0.1) is 28.3 Å². The fourth-order valence-corrected chi connectivity index (χ4v) is 5.77. The summed E-state index contributed by atoms with van der Waals surface area (Å²) in [6.45, 7) is 1.75. The van der Waals surface area contributed by atoms with Crippen molar-refractivity contribution in [2.75, 3.05) is 17.3 Å². The third-order valence-corrected chi connectivity index (χ3v) is 7.74. The number of anilines is 2. The van der Waals surface area contributed by atoms with Crippen molar-refractivity contribution in [3.05, 3.63) is 91.9 Å². The molecule has 0 saturated heterocycles. The first-order valence-corrected chi connectivity index (χ1v) is 12.6. The SMILES string of the molecule is Cc1cc(C#N)ccc1C(=O)N(C)c1cc(NC(=O)[C@H]2[C@H](c3cc(Cl)cc(Cl)c3)C2(Cl)Cl)ccc1Cl. The van der Waals surface area contributed by atoms with E-state index in [0.717, 1.165) is 0 Å². The number of benzene rings is 3. The van der Waals surface area contributed by atoms with Crippen molar-refractivity contribution in [1.82, 2.24) is 0 Å². The fourth-order valence-electron chi connectivity index (χ4n) is 4.15. The monoisotopic (exact) mass is 579 g/mol. The van der Waals surface area contributed by atoms with E-state index in [2.05, 4.69) is 11.4 Å². The molecular formula is C26H18Cl5N3O2. The largest absolute Gasteiger partial charge is 0.326 e. The van der Waals surface area contributed by atoms with Crippen LogP contribution in [0.15, 0.2) is 54.6 Å². The van der Waals surface area contributed by atoms with E-state index in [-0.39, 0.29) is 5.91 Å².